The van der Waals surface area contributed by atoms with E-state index in [0.717, 1.165) is 11.3 Å². The maximum Gasteiger partial charge on any atom is 0.407 e. The van der Waals surface area contributed by atoms with Gasteiger partial charge in [-0.2, -0.15) is 0 Å². The van der Waals surface area contributed by atoms with Gasteiger partial charge in [-0.25, -0.2) is 4.79 Å². The first-order valence-electron chi connectivity index (χ1n) is 7.65. The largest absolute Gasteiger partial charge is 0.465 e. The van der Waals surface area contributed by atoms with Crippen LogP contribution in [-0.2, 0) is 9.47 Å². The fourth-order valence-electron chi connectivity index (χ4n) is 3.33. The molecule has 2 atom stereocenters. The molecule has 0 radical (unpaired) electrons. The van der Waals surface area contributed by atoms with E-state index in [-0.39, 0.29) is 18.4 Å². The van der Waals surface area contributed by atoms with Crippen molar-refractivity contribution < 1.29 is 19.4 Å². The Labute approximate surface area is 130 Å². The third-order valence-electron chi connectivity index (χ3n) is 4.27. The molecule has 6 heteroatoms. The van der Waals surface area contributed by atoms with Crippen LogP contribution in [0.25, 0.3) is 0 Å². The summed E-state index contributed by atoms with van der Waals surface area (Å²) in [5, 5.41) is 9.30. The molecule has 1 aromatic carbocycles. The number of benzene rings is 1. The average molecular weight is 306 g/mol. The number of hydrogen-bond donors (Lipinski definition) is 1. The van der Waals surface area contributed by atoms with Crippen LogP contribution in [0.4, 0.5) is 10.5 Å². The third kappa shape index (κ3) is 2.89. The van der Waals surface area contributed by atoms with Crippen LogP contribution in [0.3, 0.4) is 0 Å². The maximum atomic E-state index is 11.3. The standard InChI is InChI=1S/C16H22N2O4/c1-11-9-17(10-12(2)18(11)16(19)20)14-5-3-4-13(8-14)15-21-6-7-22-15/h3-5,8,11-12,15H,6-7,9-10H2,1-2H3,(H,19,20)/t11-,12+. The predicted molar refractivity (Wildman–Crippen MR) is 82.1 cm³/mol. The molecule has 0 aliphatic carbocycles. The van der Waals surface area contributed by atoms with Crippen LogP contribution in [0.2, 0.25) is 0 Å². The SMILES string of the molecule is C[C@@H]1CN(c2cccc(C3OCCO3)c2)C[C@H](C)N1C(=O)O. The lowest BCUT2D eigenvalue weighted by molar-refractivity contribution is -0.0440. The first kappa shape index (κ1) is 15.1. The van der Waals surface area contributed by atoms with E-state index in [4.69, 9.17) is 9.47 Å². The molecule has 1 N–H and O–H groups in total. The van der Waals surface area contributed by atoms with E-state index >= 15 is 0 Å². The van der Waals surface area contributed by atoms with Crippen molar-refractivity contribution in [3.8, 4) is 0 Å². The molecular weight excluding hydrogens is 284 g/mol. The molecule has 0 aromatic heterocycles. The zero-order chi connectivity index (χ0) is 15.7. The van der Waals surface area contributed by atoms with Crippen LogP contribution in [0.15, 0.2) is 24.3 Å². The second-order valence-corrected chi connectivity index (χ2v) is 5.96. The van der Waals surface area contributed by atoms with Crippen molar-refractivity contribution in [3.63, 3.8) is 0 Å². The Hall–Kier alpha value is -1.79. The summed E-state index contributed by atoms with van der Waals surface area (Å²) in [7, 11) is 0. The van der Waals surface area contributed by atoms with Crippen LogP contribution < -0.4 is 4.90 Å². The van der Waals surface area contributed by atoms with Gasteiger partial charge < -0.3 is 19.5 Å². The molecule has 3 rings (SSSR count). The first-order valence-corrected chi connectivity index (χ1v) is 7.65. The minimum atomic E-state index is -0.846. The van der Waals surface area contributed by atoms with Gasteiger partial charge in [0.15, 0.2) is 6.29 Å². The molecule has 2 heterocycles. The van der Waals surface area contributed by atoms with Gasteiger partial charge in [0.05, 0.1) is 25.3 Å². The number of rotatable bonds is 2. The lowest BCUT2D eigenvalue weighted by Gasteiger charge is -2.44. The molecule has 1 amide bonds. The summed E-state index contributed by atoms with van der Waals surface area (Å²) in [4.78, 5) is 15.1. The van der Waals surface area contributed by atoms with Crippen molar-refractivity contribution in [2.45, 2.75) is 32.2 Å². The fourth-order valence-corrected chi connectivity index (χ4v) is 3.33. The Bertz CT molecular complexity index is 533. The molecule has 1 aromatic rings. The van der Waals surface area contributed by atoms with Crippen LogP contribution in [-0.4, -0.2) is 54.5 Å². The van der Waals surface area contributed by atoms with Crippen molar-refractivity contribution in [1.29, 1.82) is 0 Å². The highest BCUT2D eigenvalue weighted by Gasteiger charge is 2.33. The number of hydrogen-bond acceptors (Lipinski definition) is 4. The van der Waals surface area contributed by atoms with E-state index in [1.807, 2.05) is 32.0 Å². The van der Waals surface area contributed by atoms with E-state index in [9.17, 15) is 9.90 Å². The Morgan fingerprint density at radius 3 is 2.41 bits per heavy atom. The van der Waals surface area contributed by atoms with Crippen LogP contribution in [0.1, 0.15) is 25.7 Å². The van der Waals surface area contributed by atoms with E-state index in [1.165, 1.54) is 4.90 Å². The van der Waals surface area contributed by atoms with Gasteiger partial charge in [0, 0.05) is 24.3 Å². The minimum Gasteiger partial charge on any atom is -0.465 e. The van der Waals surface area contributed by atoms with Gasteiger partial charge in [-0.15, -0.1) is 0 Å². The lowest BCUT2D eigenvalue weighted by Crippen LogP contribution is -2.58. The monoisotopic (exact) mass is 306 g/mol. The van der Waals surface area contributed by atoms with Gasteiger partial charge in [-0.05, 0) is 26.0 Å². The third-order valence-corrected chi connectivity index (χ3v) is 4.27. The summed E-state index contributed by atoms with van der Waals surface area (Å²) in [6.07, 6.45) is -1.13. The van der Waals surface area contributed by atoms with Crippen molar-refractivity contribution in [3.05, 3.63) is 29.8 Å². The number of piperazine rings is 1. The second kappa shape index (κ2) is 6.14. The molecule has 0 spiro atoms. The molecule has 120 valence electrons. The molecule has 0 saturated carbocycles. The highest BCUT2D eigenvalue weighted by molar-refractivity contribution is 5.66. The number of carbonyl (C=O) groups is 1. The molecule has 0 bridgehead atoms. The number of nitrogens with zero attached hydrogens (tertiary/aromatic N) is 2. The zero-order valence-corrected chi connectivity index (χ0v) is 12.9. The summed E-state index contributed by atoms with van der Waals surface area (Å²) in [5.74, 6) is 0. The van der Waals surface area contributed by atoms with Gasteiger partial charge in [-0.3, -0.25) is 4.90 Å². The van der Waals surface area contributed by atoms with Crippen molar-refractivity contribution in [2.75, 3.05) is 31.2 Å². The van der Waals surface area contributed by atoms with E-state index < -0.39 is 6.09 Å². The Balaban J connectivity index is 1.77. The lowest BCUT2D eigenvalue weighted by atomic mass is 10.1. The first-order chi connectivity index (χ1) is 10.6. The summed E-state index contributed by atoms with van der Waals surface area (Å²) in [6.45, 7) is 6.52. The highest BCUT2D eigenvalue weighted by Crippen LogP contribution is 2.28. The average Bonchev–Trinajstić information content (AvgIpc) is 3.00. The van der Waals surface area contributed by atoms with Gasteiger partial charge >= 0.3 is 6.09 Å². The fraction of sp³-hybridized carbons (Fsp3) is 0.562. The van der Waals surface area contributed by atoms with Crippen molar-refractivity contribution >= 4 is 11.8 Å². The Morgan fingerprint density at radius 1 is 1.18 bits per heavy atom. The summed E-state index contributed by atoms with van der Waals surface area (Å²) >= 11 is 0. The molecule has 22 heavy (non-hydrogen) atoms. The number of carboxylic acid groups (broad SMARTS) is 1. The summed E-state index contributed by atoms with van der Waals surface area (Å²) in [5.41, 5.74) is 2.09. The molecule has 2 saturated heterocycles. The van der Waals surface area contributed by atoms with Crippen LogP contribution in [0, 0.1) is 0 Å². The number of ether oxygens (including phenoxy) is 2. The van der Waals surface area contributed by atoms with E-state index in [1.54, 1.807) is 0 Å². The van der Waals surface area contributed by atoms with Crippen LogP contribution in [0.5, 0.6) is 0 Å². The minimum absolute atomic E-state index is 0.0381. The van der Waals surface area contributed by atoms with E-state index in [2.05, 4.69) is 11.0 Å². The number of amides is 1. The topological polar surface area (TPSA) is 62.2 Å². The van der Waals surface area contributed by atoms with Gasteiger partial charge in [0.1, 0.15) is 0 Å². The van der Waals surface area contributed by atoms with E-state index in [0.29, 0.717) is 26.3 Å². The molecule has 2 fully saturated rings. The van der Waals surface area contributed by atoms with Crippen LogP contribution >= 0.6 is 0 Å². The smallest absolute Gasteiger partial charge is 0.407 e. The Kier molecular flexibility index (Phi) is 4.22. The summed E-state index contributed by atoms with van der Waals surface area (Å²) < 4.78 is 11.1. The molecule has 0 unspecified atom stereocenters. The normalized spacial score (nSPS) is 26.5. The maximum absolute atomic E-state index is 11.3. The molecular formula is C16H22N2O4. The molecule has 2 aliphatic heterocycles. The predicted octanol–water partition coefficient (Wildman–Crippen LogP) is 2.31. The Morgan fingerprint density at radius 2 is 1.82 bits per heavy atom. The van der Waals surface area contributed by atoms with Gasteiger partial charge in [0.25, 0.3) is 0 Å². The van der Waals surface area contributed by atoms with Gasteiger partial charge in [0.2, 0.25) is 0 Å². The zero-order valence-electron chi connectivity index (χ0n) is 12.9. The molecule has 6 nitrogen and oxygen atoms in total. The highest BCUT2D eigenvalue weighted by atomic mass is 16.7. The second-order valence-electron chi connectivity index (χ2n) is 5.96. The van der Waals surface area contributed by atoms with Gasteiger partial charge in [-0.1, -0.05) is 12.1 Å². The number of anilines is 1. The van der Waals surface area contributed by atoms with Crippen molar-refractivity contribution in [2.24, 2.45) is 0 Å². The van der Waals surface area contributed by atoms with Crippen molar-refractivity contribution in [1.82, 2.24) is 4.90 Å². The quantitative estimate of drug-likeness (QED) is 0.908. The molecule has 2 aliphatic rings. The summed E-state index contributed by atoms with van der Waals surface area (Å²) in [6, 6.07) is 8.04.